The number of phenolic OH excluding ortho intramolecular Hbond substituents is 1. The van der Waals surface area contributed by atoms with Gasteiger partial charge in [0.1, 0.15) is 11.4 Å². The highest BCUT2D eigenvalue weighted by Gasteiger charge is 2.19. The molecule has 2 N–H and O–H groups in total. The average molecular weight is 265 g/mol. The number of phenols is 1. The van der Waals surface area contributed by atoms with Crippen molar-refractivity contribution in [3.05, 3.63) is 22.8 Å². The number of hydrogen-bond donors (Lipinski definition) is 2. The molecule has 0 atom stereocenters. The molecule has 1 amide bonds. The summed E-state index contributed by atoms with van der Waals surface area (Å²) < 4.78 is 5.09. The van der Waals surface area contributed by atoms with E-state index in [2.05, 4.69) is 5.32 Å². The largest absolute Gasteiger partial charge is 0.505 e. The molecule has 0 aliphatic heterocycles. The summed E-state index contributed by atoms with van der Waals surface area (Å²) in [6, 6.07) is 1.60. The van der Waals surface area contributed by atoms with E-state index >= 15 is 0 Å². The summed E-state index contributed by atoms with van der Waals surface area (Å²) >= 11 is 0. The number of benzene rings is 1. The molecule has 5 heteroatoms. The molecule has 0 saturated carbocycles. The van der Waals surface area contributed by atoms with Gasteiger partial charge in [-0.15, -0.1) is 0 Å². The van der Waals surface area contributed by atoms with Crippen molar-refractivity contribution in [2.75, 3.05) is 5.32 Å². The van der Waals surface area contributed by atoms with Crippen LogP contribution in [0.5, 0.6) is 5.75 Å². The van der Waals surface area contributed by atoms with Gasteiger partial charge in [0.15, 0.2) is 6.29 Å². The minimum atomic E-state index is -0.678. The number of carbonyl (C=O) groups is 2. The molecule has 1 rings (SSSR count). The molecule has 1 aromatic rings. The van der Waals surface area contributed by atoms with E-state index in [1.54, 1.807) is 40.7 Å². The number of amides is 1. The van der Waals surface area contributed by atoms with E-state index in [-0.39, 0.29) is 17.0 Å². The average Bonchev–Trinajstić information content (AvgIpc) is 2.24. The highest BCUT2D eigenvalue weighted by atomic mass is 16.6. The third-order valence-corrected chi connectivity index (χ3v) is 2.62. The SMILES string of the molecule is Cc1cc(NC(=O)OC(C)(C)C)c(O)c(C=O)c1C. The summed E-state index contributed by atoms with van der Waals surface area (Å²) in [6.07, 6.45) is -0.110. The Kier molecular flexibility index (Phi) is 4.19. The van der Waals surface area contributed by atoms with Crippen molar-refractivity contribution in [3.63, 3.8) is 0 Å². The minimum Gasteiger partial charge on any atom is -0.505 e. The van der Waals surface area contributed by atoms with Crippen LogP contribution in [0.15, 0.2) is 6.07 Å². The van der Waals surface area contributed by atoms with Crippen molar-refractivity contribution in [1.82, 2.24) is 0 Å². The standard InChI is InChI=1S/C14H19NO4/c1-8-6-11(12(17)10(7-16)9(8)2)15-13(18)19-14(3,4)5/h6-7,17H,1-5H3,(H,15,18). The maximum atomic E-state index is 11.6. The van der Waals surface area contributed by atoms with Crippen molar-refractivity contribution in [1.29, 1.82) is 0 Å². The fourth-order valence-electron chi connectivity index (χ4n) is 1.58. The number of aromatic hydroxyl groups is 1. The molecule has 1 aromatic carbocycles. The second-order valence-electron chi connectivity index (χ2n) is 5.37. The maximum Gasteiger partial charge on any atom is 0.412 e. The Bertz CT molecular complexity index is 515. The first-order valence-electron chi connectivity index (χ1n) is 5.94. The Labute approximate surface area is 112 Å². The molecule has 0 radical (unpaired) electrons. The Morgan fingerprint density at radius 2 is 1.95 bits per heavy atom. The topological polar surface area (TPSA) is 75.6 Å². The van der Waals surface area contributed by atoms with Crippen LogP contribution in [0.1, 0.15) is 42.3 Å². The number of ether oxygens (including phenoxy) is 1. The summed E-state index contributed by atoms with van der Waals surface area (Å²) in [6.45, 7) is 8.75. The van der Waals surface area contributed by atoms with Gasteiger partial charge in [-0.1, -0.05) is 0 Å². The molecule has 0 bridgehead atoms. The minimum absolute atomic E-state index is 0.166. The van der Waals surface area contributed by atoms with Crippen LogP contribution < -0.4 is 5.32 Å². The quantitative estimate of drug-likeness (QED) is 0.636. The van der Waals surface area contributed by atoms with Gasteiger partial charge in [0.2, 0.25) is 0 Å². The molecule has 0 heterocycles. The summed E-state index contributed by atoms with van der Waals surface area (Å²) in [7, 11) is 0. The predicted octanol–water partition coefficient (Wildman–Crippen LogP) is 3.17. The van der Waals surface area contributed by atoms with E-state index in [9.17, 15) is 14.7 Å². The smallest absolute Gasteiger partial charge is 0.412 e. The van der Waals surface area contributed by atoms with Crippen LogP contribution in [0, 0.1) is 13.8 Å². The van der Waals surface area contributed by atoms with Gasteiger partial charge in [-0.3, -0.25) is 10.1 Å². The summed E-state index contributed by atoms with van der Waals surface area (Å²) in [5.74, 6) is -0.246. The Morgan fingerprint density at radius 1 is 1.37 bits per heavy atom. The van der Waals surface area contributed by atoms with E-state index in [1.807, 2.05) is 0 Å². The van der Waals surface area contributed by atoms with E-state index in [4.69, 9.17) is 4.74 Å². The van der Waals surface area contributed by atoms with Crippen molar-refractivity contribution in [2.45, 2.75) is 40.2 Å². The van der Waals surface area contributed by atoms with Gasteiger partial charge in [-0.25, -0.2) is 4.79 Å². The molecule has 5 nitrogen and oxygen atoms in total. The summed E-state index contributed by atoms with van der Waals surface area (Å²) in [5, 5.41) is 12.4. The van der Waals surface area contributed by atoms with Gasteiger partial charge in [0.25, 0.3) is 0 Å². The summed E-state index contributed by atoms with van der Waals surface area (Å²) in [4.78, 5) is 22.6. The van der Waals surface area contributed by atoms with E-state index < -0.39 is 11.7 Å². The van der Waals surface area contributed by atoms with Crippen molar-refractivity contribution >= 4 is 18.1 Å². The van der Waals surface area contributed by atoms with Crippen LogP contribution in [0.2, 0.25) is 0 Å². The first kappa shape index (κ1) is 15.0. The van der Waals surface area contributed by atoms with E-state index in [0.717, 1.165) is 5.56 Å². The third kappa shape index (κ3) is 3.71. The van der Waals surface area contributed by atoms with Crippen LogP contribution >= 0.6 is 0 Å². The Balaban J connectivity index is 3.06. The molecule has 0 spiro atoms. The lowest BCUT2D eigenvalue weighted by Gasteiger charge is -2.20. The number of carbonyl (C=O) groups excluding carboxylic acids is 2. The fraction of sp³-hybridized carbons (Fsp3) is 0.429. The molecule has 0 aliphatic carbocycles. The van der Waals surface area contributed by atoms with Crippen molar-refractivity contribution in [3.8, 4) is 5.75 Å². The third-order valence-electron chi connectivity index (χ3n) is 2.62. The van der Waals surface area contributed by atoms with Crippen LogP contribution in [-0.2, 0) is 4.74 Å². The highest BCUT2D eigenvalue weighted by molar-refractivity contribution is 5.92. The van der Waals surface area contributed by atoms with Crippen LogP contribution in [0.4, 0.5) is 10.5 Å². The molecule has 0 unspecified atom stereocenters. The van der Waals surface area contributed by atoms with Crippen LogP contribution in [-0.4, -0.2) is 23.1 Å². The van der Waals surface area contributed by atoms with Crippen LogP contribution in [0.3, 0.4) is 0 Å². The molecule has 104 valence electrons. The zero-order valence-corrected chi connectivity index (χ0v) is 11.8. The lowest BCUT2D eigenvalue weighted by atomic mass is 10.0. The van der Waals surface area contributed by atoms with Gasteiger partial charge in [-0.2, -0.15) is 0 Å². The highest BCUT2D eigenvalue weighted by Crippen LogP contribution is 2.31. The number of aryl methyl sites for hydroxylation is 1. The first-order chi connectivity index (χ1) is 8.65. The second-order valence-corrected chi connectivity index (χ2v) is 5.37. The van der Waals surface area contributed by atoms with Gasteiger partial charge in [-0.05, 0) is 51.8 Å². The number of hydrogen-bond acceptors (Lipinski definition) is 4. The number of anilines is 1. The molecule has 0 fully saturated rings. The molecule has 0 saturated heterocycles. The van der Waals surface area contributed by atoms with Gasteiger partial charge in [0, 0.05) is 0 Å². The second kappa shape index (κ2) is 5.30. The van der Waals surface area contributed by atoms with E-state index in [1.165, 1.54) is 0 Å². The zero-order chi connectivity index (χ0) is 14.8. The van der Waals surface area contributed by atoms with Gasteiger partial charge < -0.3 is 9.84 Å². The zero-order valence-electron chi connectivity index (χ0n) is 11.8. The summed E-state index contributed by atoms with van der Waals surface area (Å²) in [5.41, 5.74) is 1.19. The predicted molar refractivity (Wildman–Crippen MR) is 72.8 cm³/mol. The molecular weight excluding hydrogens is 246 g/mol. The molecule has 19 heavy (non-hydrogen) atoms. The Morgan fingerprint density at radius 3 is 2.42 bits per heavy atom. The van der Waals surface area contributed by atoms with Crippen LogP contribution in [0.25, 0.3) is 0 Å². The van der Waals surface area contributed by atoms with E-state index in [0.29, 0.717) is 11.8 Å². The van der Waals surface area contributed by atoms with Crippen molar-refractivity contribution in [2.24, 2.45) is 0 Å². The van der Waals surface area contributed by atoms with Gasteiger partial charge in [0.05, 0.1) is 11.3 Å². The lowest BCUT2D eigenvalue weighted by Crippen LogP contribution is -2.27. The number of aldehydes is 1. The number of rotatable bonds is 2. The lowest BCUT2D eigenvalue weighted by molar-refractivity contribution is 0.0635. The molecule has 0 aliphatic rings. The normalized spacial score (nSPS) is 11.0. The fourth-order valence-corrected chi connectivity index (χ4v) is 1.58. The monoisotopic (exact) mass is 265 g/mol. The van der Waals surface area contributed by atoms with Gasteiger partial charge >= 0.3 is 6.09 Å². The molecule has 0 aromatic heterocycles. The van der Waals surface area contributed by atoms with Crippen molar-refractivity contribution < 1.29 is 19.4 Å². The maximum absolute atomic E-state index is 11.6. The number of nitrogens with one attached hydrogen (secondary N) is 1. The molecular formula is C14H19NO4. The first-order valence-corrected chi connectivity index (χ1v) is 5.94. The Hall–Kier alpha value is -2.04.